The van der Waals surface area contributed by atoms with Crippen LogP contribution < -0.4 is 5.32 Å². The van der Waals surface area contributed by atoms with E-state index >= 15 is 0 Å². The molecule has 3 nitrogen and oxygen atoms in total. The highest BCUT2D eigenvalue weighted by Crippen LogP contribution is 2.44. The highest BCUT2D eigenvalue weighted by molar-refractivity contribution is 5.05. The van der Waals surface area contributed by atoms with Crippen LogP contribution in [0.5, 0.6) is 0 Å². The third-order valence-electron chi connectivity index (χ3n) is 4.57. The summed E-state index contributed by atoms with van der Waals surface area (Å²) in [6.07, 6.45) is 9.93. The first-order chi connectivity index (χ1) is 8.20. The molecule has 1 aromatic rings. The minimum atomic E-state index is 0.506. The monoisotopic (exact) mass is 235 g/mol. The molecule has 1 saturated carbocycles. The zero-order chi connectivity index (χ0) is 12.3. The number of hydrogen-bond donors (Lipinski definition) is 1. The van der Waals surface area contributed by atoms with Gasteiger partial charge in [-0.25, -0.2) is 0 Å². The van der Waals surface area contributed by atoms with Crippen LogP contribution in [0.1, 0.15) is 44.7 Å². The molecule has 1 heterocycles. The molecule has 0 aliphatic heterocycles. The minimum Gasteiger partial charge on any atom is -0.316 e. The molecular weight excluding hydrogens is 210 g/mol. The first kappa shape index (κ1) is 12.6. The van der Waals surface area contributed by atoms with Crippen LogP contribution in [0.25, 0.3) is 0 Å². The average Bonchev–Trinajstić information content (AvgIpc) is 2.95. The van der Waals surface area contributed by atoms with Gasteiger partial charge in [0.2, 0.25) is 0 Å². The molecule has 0 bridgehead atoms. The molecule has 1 aliphatic rings. The lowest BCUT2D eigenvalue weighted by atomic mass is 9.74. The minimum absolute atomic E-state index is 0.506. The predicted molar refractivity (Wildman–Crippen MR) is 71.0 cm³/mol. The summed E-state index contributed by atoms with van der Waals surface area (Å²) in [7, 11) is 4.09. The van der Waals surface area contributed by atoms with Gasteiger partial charge in [0.25, 0.3) is 0 Å². The Morgan fingerprint density at radius 3 is 2.65 bits per heavy atom. The summed E-state index contributed by atoms with van der Waals surface area (Å²) >= 11 is 0. The van der Waals surface area contributed by atoms with E-state index < -0.39 is 0 Å². The van der Waals surface area contributed by atoms with E-state index in [4.69, 9.17) is 0 Å². The Morgan fingerprint density at radius 2 is 2.18 bits per heavy atom. The smallest absolute Gasteiger partial charge is 0.0640 e. The fraction of sp³-hybridized carbons (Fsp3) is 0.786. The topological polar surface area (TPSA) is 29.9 Å². The van der Waals surface area contributed by atoms with Gasteiger partial charge < -0.3 is 5.32 Å². The summed E-state index contributed by atoms with van der Waals surface area (Å²) in [5.74, 6) is 0. The molecule has 1 aliphatic carbocycles. The first-order valence-electron chi connectivity index (χ1n) is 6.86. The van der Waals surface area contributed by atoms with Crippen molar-refractivity contribution in [2.75, 3.05) is 7.05 Å². The quantitative estimate of drug-likeness (QED) is 0.850. The van der Waals surface area contributed by atoms with Crippen LogP contribution in [-0.4, -0.2) is 22.9 Å². The molecule has 0 aromatic carbocycles. The van der Waals surface area contributed by atoms with Crippen LogP contribution in [-0.2, 0) is 13.5 Å². The van der Waals surface area contributed by atoms with Gasteiger partial charge in [-0.2, -0.15) is 5.10 Å². The van der Waals surface area contributed by atoms with E-state index in [2.05, 4.69) is 30.5 Å². The average molecular weight is 235 g/mol. The van der Waals surface area contributed by atoms with Crippen LogP contribution in [0.3, 0.4) is 0 Å². The van der Waals surface area contributed by atoms with Crippen molar-refractivity contribution in [3.8, 4) is 0 Å². The predicted octanol–water partition coefficient (Wildman–Crippen LogP) is 2.52. The highest BCUT2D eigenvalue weighted by atomic mass is 15.2. The van der Waals surface area contributed by atoms with E-state index in [1.54, 1.807) is 0 Å². The van der Waals surface area contributed by atoms with Gasteiger partial charge in [0.1, 0.15) is 0 Å². The van der Waals surface area contributed by atoms with Crippen LogP contribution in [0.2, 0.25) is 0 Å². The lowest BCUT2D eigenvalue weighted by Crippen LogP contribution is -2.43. The molecule has 0 amide bonds. The molecule has 2 rings (SSSR count). The summed E-state index contributed by atoms with van der Waals surface area (Å²) in [5.41, 5.74) is 1.72. The van der Waals surface area contributed by atoms with Crippen LogP contribution in [0.15, 0.2) is 12.3 Å². The van der Waals surface area contributed by atoms with Gasteiger partial charge in [0.15, 0.2) is 0 Å². The lowest BCUT2D eigenvalue weighted by Gasteiger charge is -2.36. The van der Waals surface area contributed by atoms with Crippen LogP contribution in [0, 0.1) is 5.41 Å². The molecule has 0 saturated heterocycles. The second-order valence-electron chi connectivity index (χ2n) is 5.45. The molecule has 1 N–H and O–H groups in total. The Kier molecular flexibility index (Phi) is 3.87. The fourth-order valence-electron chi connectivity index (χ4n) is 3.43. The third kappa shape index (κ3) is 2.54. The zero-order valence-corrected chi connectivity index (χ0v) is 11.4. The highest BCUT2D eigenvalue weighted by Gasteiger charge is 2.39. The van der Waals surface area contributed by atoms with Crippen molar-refractivity contribution in [1.82, 2.24) is 15.1 Å². The molecule has 1 aromatic heterocycles. The van der Waals surface area contributed by atoms with Crippen molar-refractivity contribution in [2.24, 2.45) is 12.5 Å². The third-order valence-corrected chi connectivity index (χ3v) is 4.57. The van der Waals surface area contributed by atoms with E-state index in [0.29, 0.717) is 11.5 Å². The summed E-state index contributed by atoms with van der Waals surface area (Å²) in [6, 6.07) is 2.72. The Labute approximate surface area is 105 Å². The molecule has 17 heavy (non-hydrogen) atoms. The maximum absolute atomic E-state index is 4.51. The number of likely N-dealkylation sites (N-methyl/N-ethyl adjacent to an activating group) is 1. The van der Waals surface area contributed by atoms with Crippen molar-refractivity contribution in [2.45, 2.75) is 51.5 Å². The van der Waals surface area contributed by atoms with Crippen LogP contribution in [0.4, 0.5) is 0 Å². The number of nitrogens with one attached hydrogen (secondary N) is 1. The molecule has 1 atom stereocenters. The van der Waals surface area contributed by atoms with Crippen molar-refractivity contribution < 1.29 is 0 Å². The number of hydrogen-bond acceptors (Lipinski definition) is 2. The van der Waals surface area contributed by atoms with E-state index in [-0.39, 0.29) is 0 Å². The van der Waals surface area contributed by atoms with E-state index in [1.165, 1.54) is 37.8 Å². The Hall–Kier alpha value is -0.830. The van der Waals surface area contributed by atoms with Crippen molar-refractivity contribution in [3.63, 3.8) is 0 Å². The van der Waals surface area contributed by atoms with E-state index in [0.717, 1.165) is 6.42 Å². The molecule has 0 spiro atoms. The summed E-state index contributed by atoms with van der Waals surface area (Å²) < 4.78 is 1.90. The van der Waals surface area contributed by atoms with E-state index in [1.807, 2.05) is 17.9 Å². The molecule has 3 heteroatoms. The first-order valence-corrected chi connectivity index (χ1v) is 6.86. The van der Waals surface area contributed by atoms with Crippen molar-refractivity contribution in [3.05, 3.63) is 18.0 Å². The SMILES string of the molecule is CCC1(C(Cc2ccn(C)n2)NC)CCCC1. The van der Waals surface area contributed by atoms with Crippen molar-refractivity contribution >= 4 is 0 Å². The zero-order valence-electron chi connectivity index (χ0n) is 11.4. The molecule has 0 radical (unpaired) electrons. The number of aromatic nitrogens is 2. The normalized spacial score (nSPS) is 20.6. The maximum atomic E-state index is 4.51. The van der Waals surface area contributed by atoms with Crippen molar-refractivity contribution in [1.29, 1.82) is 0 Å². The Balaban J connectivity index is 2.10. The number of nitrogens with zero attached hydrogens (tertiary/aromatic N) is 2. The van der Waals surface area contributed by atoms with Gasteiger partial charge >= 0.3 is 0 Å². The molecular formula is C14H25N3. The van der Waals surface area contributed by atoms with E-state index in [9.17, 15) is 0 Å². The van der Waals surface area contributed by atoms with Gasteiger partial charge in [-0.15, -0.1) is 0 Å². The summed E-state index contributed by atoms with van der Waals surface area (Å²) in [5, 5.41) is 8.06. The largest absolute Gasteiger partial charge is 0.316 e. The summed E-state index contributed by atoms with van der Waals surface area (Å²) in [6.45, 7) is 2.34. The van der Waals surface area contributed by atoms with Gasteiger partial charge in [0, 0.05) is 25.7 Å². The van der Waals surface area contributed by atoms with Gasteiger partial charge in [0.05, 0.1) is 5.69 Å². The van der Waals surface area contributed by atoms with Gasteiger partial charge in [-0.1, -0.05) is 19.8 Å². The maximum Gasteiger partial charge on any atom is 0.0640 e. The Morgan fingerprint density at radius 1 is 1.47 bits per heavy atom. The molecule has 1 unspecified atom stereocenters. The van der Waals surface area contributed by atoms with Gasteiger partial charge in [-0.05, 0) is 37.8 Å². The Bertz CT molecular complexity index is 350. The molecule has 96 valence electrons. The number of rotatable bonds is 5. The second-order valence-corrected chi connectivity index (χ2v) is 5.45. The second kappa shape index (κ2) is 5.21. The standard InChI is InChI=1S/C14H25N3/c1-4-14(8-5-6-9-14)13(15-2)11-12-7-10-17(3)16-12/h7,10,13,15H,4-6,8-9,11H2,1-3H3. The molecule has 1 fully saturated rings. The van der Waals surface area contributed by atoms with Gasteiger partial charge in [-0.3, -0.25) is 4.68 Å². The fourth-order valence-corrected chi connectivity index (χ4v) is 3.43. The van der Waals surface area contributed by atoms with Crippen LogP contribution >= 0.6 is 0 Å². The lowest BCUT2D eigenvalue weighted by molar-refractivity contribution is 0.191. The number of aryl methyl sites for hydroxylation is 1. The summed E-state index contributed by atoms with van der Waals surface area (Å²) in [4.78, 5) is 0.